The zero-order valence-corrected chi connectivity index (χ0v) is 14.8. The van der Waals surface area contributed by atoms with Gasteiger partial charge in [-0.05, 0) is 20.3 Å². The zero-order valence-electron chi connectivity index (χ0n) is 13.9. The molecule has 0 aliphatic carbocycles. The molecule has 23 heavy (non-hydrogen) atoms. The van der Waals surface area contributed by atoms with Crippen molar-refractivity contribution in [2.75, 3.05) is 26.2 Å². The highest BCUT2D eigenvalue weighted by molar-refractivity contribution is 7.11. The van der Waals surface area contributed by atoms with Crippen LogP contribution in [0.1, 0.15) is 32.4 Å². The van der Waals surface area contributed by atoms with E-state index in [1.807, 2.05) is 11.9 Å². The Kier molecular flexibility index (Phi) is 4.77. The van der Waals surface area contributed by atoms with Gasteiger partial charge in [0.1, 0.15) is 0 Å². The zero-order chi connectivity index (χ0) is 16.4. The van der Waals surface area contributed by atoms with Gasteiger partial charge in [-0.15, -0.1) is 11.3 Å². The van der Waals surface area contributed by atoms with Crippen molar-refractivity contribution in [3.8, 4) is 0 Å². The molecule has 0 atom stereocenters. The van der Waals surface area contributed by atoms with Gasteiger partial charge in [0.25, 0.3) is 5.91 Å². The summed E-state index contributed by atoms with van der Waals surface area (Å²) in [5.41, 5.74) is 1.81. The predicted octanol–water partition coefficient (Wildman–Crippen LogP) is 1.84. The van der Waals surface area contributed by atoms with Crippen LogP contribution in [0.5, 0.6) is 0 Å². The first-order valence-electron chi connectivity index (χ1n) is 7.96. The van der Waals surface area contributed by atoms with Crippen LogP contribution in [0, 0.1) is 13.8 Å². The van der Waals surface area contributed by atoms with Gasteiger partial charge < -0.3 is 4.90 Å². The summed E-state index contributed by atoms with van der Waals surface area (Å²) in [5.74, 6) is 0.0877. The van der Waals surface area contributed by atoms with Gasteiger partial charge in [0.2, 0.25) is 0 Å². The second-order valence-corrected chi connectivity index (χ2v) is 7.35. The fourth-order valence-corrected chi connectivity index (χ4v) is 3.95. The highest BCUT2D eigenvalue weighted by atomic mass is 32.1. The number of hydrogen-bond acceptors (Lipinski definition) is 5. The summed E-state index contributed by atoms with van der Waals surface area (Å²) in [4.78, 5) is 22.8. The molecule has 7 heteroatoms. The minimum absolute atomic E-state index is 0.0877. The number of rotatable bonds is 3. The Bertz CT molecular complexity index is 692. The van der Waals surface area contributed by atoms with Crippen LogP contribution in [0.25, 0.3) is 0 Å². The lowest BCUT2D eigenvalue weighted by molar-refractivity contribution is 0.0761. The van der Waals surface area contributed by atoms with E-state index in [2.05, 4.69) is 28.8 Å². The van der Waals surface area contributed by atoms with Crippen molar-refractivity contribution in [2.45, 2.75) is 26.8 Å². The number of aryl methyl sites for hydroxylation is 3. The minimum atomic E-state index is 0.0877. The average Bonchev–Trinajstić information content (AvgIpc) is 2.97. The van der Waals surface area contributed by atoms with Crippen molar-refractivity contribution in [3.63, 3.8) is 0 Å². The summed E-state index contributed by atoms with van der Waals surface area (Å²) in [7, 11) is 1.83. The van der Waals surface area contributed by atoms with Gasteiger partial charge in [-0.1, -0.05) is 0 Å². The fraction of sp³-hybridized carbons (Fsp3) is 0.562. The van der Waals surface area contributed by atoms with Crippen molar-refractivity contribution in [1.29, 1.82) is 0 Å². The third-order valence-electron chi connectivity index (χ3n) is 4.19. The van der Waals surface area contributed by atoms with Crippen molar-refractivity contribution in [1.82, 2.24) is 24.6 Å². The van der Waals surface area contributed by atoms with Gasteiger partial charge in [-0.3, -0.25) is 14.4 Å². The Morgan fingerprint density at radius 1 is 1.26 bits per heavy atom. The molecular formula is C16H23N5OS. The molecule has 3 heterocycles. The SMILES string of the molecule is Cc1nc(C)c(CN2CCCN(C(=O)c3cnn(C)c3)CC2)s1. The molecule has 0 N–H and O–H groups in total. The van der Waals surface area contributed by atoms with Gasteiger partial charge in [-0.25, -0.2) is 4.98 Å². The first-order chi connectivity index (χ1) is 11.0. The van der Waals surface area contributed by atoms with E-state index >= 15 is 0 Å². The quantitative estimate of drug-likeness (QED) is 0.860. The molecule has 0 spiro atoms. The lowest BCUT2D eigenvalue weighted by atomic mass is 10.3. The van der Waals surface area contributed by atoms with Gasteiger partial charge in [0.05, 0.1) is 22.5 Å². The van der Waals surface area contributed by atoms with E-state index in [0.717, 1.165) is 49.8 Å². The van der Waals surface area contributed by atoms with Crippen LogP contribution in [0.4, 0.5) is 0 Å². The summed E-state index contributed by atoms with van der Waals surface area (Å²) in [6, 6.07) is 0. The number of amides is 1. The van der Waals surface area contributed by atoms with Crippen LogP contribution >= 0.6 is 11.3 Å². The van der Waals surface area contributed by atoms with Gasteiger partial charge >= 0.3 is 0 Å². The largest absolute Gasteiger partial charge is 0.337 e. The summed E-state index contributed by atoms with van der Waals surface area (Å²) >= 11 is 1.78. The Morgan fingerprint density at radius 2 is 2.09 bits per heavy atom. The van der Waals surface area contributed by atoms with E-state index in [-0.39, 0.29) is 5.91 Å². The summed E-state index contributed by atoms with van der Waals surface area (Å²) in [6.45, 7) is 8.57. The fourth-order valence-electron chi connectivity index (χ4n) is 2.97. The molecule has 0 unspecified atom stereocenters. The molecule has 2 aromatic heterocycles. The van der Waals surface area contributed by atoms with Crippen molar-refractivity contribution < 1.29 is 4.79 Å². The smallest absolute Gasteiger partial charge is 0.257 e. The molecule has 0 aromatic carbocycles. The maximum absolute atomic E-state index is 12.5. The number of aromatic nitrogens is 3. The predicted molar refractivity (Wildman–Crippen MR) is 90.6 cm³/mol. The van der Waals surface area contributed by atoms with Crippen molar-refractivity contribution in [3.05, 3.63) is 33.5 Å². The number of nitrogens with zero attached hydrogens (tertiary/aromatic N) is 5. The molecule has 2 aromatic rings. The molecule has 124 valence electrons. The summed E-state index contributed by atoms with van der Waals surface area (Å²) in [5, 5.41) is 5.22. The van der Waals surface area contributed by atoms with E-state index in [9.17, 15) is 4.79 Å². The normalized spacial score (nSPS) is 16.6. The highest BCUT2D eigenvalue weighted by Crippen LogP contribution is 2.20. The molecule has 0 radical (unpaired) electrons. The molecule has 0 saturated carbocycles. The third-order valence-corrected chi connectivity index (χ3v) is 5.25. The van der Waals surface area contributed by atoms with Crippen LogP contribution in [0.15, 0.2) is 12.4 Å². The lowest BCUT2D eigenvalue weighted by Gasteiger charge is -2.21. The molecule has 1 fully saturated rings. The number of carbonyl (C=O) groups excluding carboxylic acids is 1. The van der Waals surface area contributed by atoms with Crippen LogP contribution in [0.3, 0.4) is 0 Å². The average molecular weight is 333 g/mol. The van der Waals surface area contributed by atoms with Crippen LogP contribution in [0.2, 0.25) is 0 Å². The Balaban J connectivity index is 1.61. The molecular weight excluding hydrogens is 310 g/mol. The summed E-state index contributed by atoms with van der Waals surface area (Å²) in [6.07, 6.45) is 4.44. The minimum Gasteiger partial charge on any atom is -0.337 e. The number of carbonyl (C=O) groups is 1. The number of thiazole rings is 1. The third kappa shape index (κ3) is 3.79. The molecule has 1 amide bonds. The van der Waals surface area contributed by atoms with E-state index in [4.69, 9.17) is 0 Å². The molecule has 6 nitrogen and oxygen atoms in total. The maximum Gasteiger partial charge on any atom is 0.257 e. The molecule has 0 bridgehead atoms. The van der Waals surface area contributed by atoms with Gasteiger partial charge in [0, 0.05) is 50.8 Å². The molecule has 1 aliphatic rings. The van der Waals surface area contributed by atoms with Crippen LogP contribution in [-0.4, -0.2) is 56.7 Å². The summed E-state index contributed by atoms with van der Waals surface area (Å²) < 4.78 is 1.67. The van der Waals surface area contributed by atoms with Gasteiger partial charge in [0.15, 0.2) is 0 Å². The first-order valence-corrected chi connectivity index (χ1v) is 8.78. The van der Waals surface area contributed by atoms with E-state index in [1.54, 1.807) is 28.4 Å². The monoisotopic (exact) mass is 333 g/mol. The Hall–Kier alpha value is -1.73. The Labute approximate surface area is 140 Å². The van der Waals surface area contributed by atoms with E-state index in [0.29, 0.717) is 5.56 Å². The second-order valence-electron chi connectivity index (χ2n) is 6.07. The molecule has 1 saturated heterocycles. The van der Waals surface area contributed by atoms with Crippen LogP contribution in [-0.2, 0) is 13.6 Å². The second kappa shape index (κ2) is 6.80. The maximum atomic E-state index is 12.5. The van der Waals surface area contributed by atoms with E-state index in [1.165, 1.54) is 4.88 Å². The Morgan fingerprint density at radius 3 is 2.74 bits per heavy atom. The molecule has 3 rings (SSSR count). The first kappa shape index (κ1) is 16.1. The topological polar surface area (TPSA) is 54.3 Å². The van der Waals surface area contributed by atoms with E-state index < -0.39 is 0 Å². The van der Waals surface area contributed by atoms with Crippen molar-refractivity contribution in [2.24, 2.45) is 7.05 Å². The standard InChI is InChI=1S/C16H23N5OS/c1-12-15(23-13(2)18-12)11-20-5-4-6-21(8-7-20)16(22)14-9-17-19(3)10-14/h9-10H,4-8,11H2,1-3H3. The number of hydrogen-bond donors (Lipinski definition) is 0. The molecule has 1 aliphatic heterocycles. The van der Waals surface area contributed by atoms with Crippen LogP contribution < -0.4 is 0 Å². The lowest BCUT2D eigenvalue weighted by Crippen LogP contribution is -2.35. The highest BCUT2D eigenvalue weighted by Gasteiger charge is 2.22. The van der Waals surface area contributed by atoms with Gasteiger partial charge in [-0.2, -0.15) is 5.10 Å². The van der Waals surface area contributed by atoms with Crippen molar-refractivity contribution >= 4 is 17.2 Å².